The van der Waals surface area contributed by atoms with Gasteiger partial charge in [-0.2, -0.15) is 5.10 Å². The second-order valence-corrected chi connectivity index (χ2v) is 12.9. The molecular weight excluding hydrogens is 534 g/mol. The molecule has 1 N–H and O–H groups in total. The number of fused-ring (bicyclic) bond motifs is 2. The minimum absolute atomic E-state index is 0.287. The highest BCUT2D eigenvalue weighted by Gasteiger charge is 2.31. The molecule has 0 aliphatic heterocycles. The topological polar surface area (TPSA) is 69.1 Å². The number of carbonyl (C=O) groups excluding carboxylic acids is 1. The van der Waals surface area contributed by atoms with Crippen LogP contribution in [0, 0.1) is 26.7 Å². The molecule has 1 aliphatic rings. The first-order valence-corrected chi connectivity index (χ1v) is 15.6. The number of carbonyl (C=O) groups is 1. The zero-order valence-corrected chi connectivity index (χ0v) is 26.3. The molecule has 1 saturated carbocycles. The lowest BCUT2D eigenvalue weighted by Crippen LogP contribution is -2.28. The van der Waals surface area contributed by atoms with Crippen LogP contribution in [-0.4, -0.2) is 32.9 Å². The quantitative estimate of drug-likeness (QED) is 0.126. The third-order valence-corrected chi connectivity index (χ3v) is 9.05. The molecule has 224 valence electrons. The highest BCUT2D eigenvalue weighted by molar-refractivity contribution is 6.05. The summed E-state index contributed by atoms with van der Waals surface area (Å²) in [7, 11) is 1.98. The van der Waals surface area contributed by atoms with E-state index in [9.17, 15) is 4.79 Å². The molecule has 1 fully saturated rings. The SMILES string of the molecule is Cc1ccc2c(CCCOc3cccc4ccccc34)c(C(=O)OC(C)(C)CCC3CC3)[nH]c2c1-c1c(C)nn(C)c1C. The largest absolute Gasteiger partial charge is 0.493 e. The zero-order valence-electron chi connectivity index (χ0n) is 26.3. The first kappa shape index (κ1) is 29.0. The number of hydrogen-bond acceptors (Lipinski definition) is 4. The van der Waals surface area contributed by atoms with Crippen LogP contribution in [-0.2, 0) is 18.2 Å². The molecule has 6 nitrogen and oxygen atoms in total. The van der Waals surface area contributed by atoms with Gasteiger partial charge in [0.05, 0.1) is 17.8 Å². The molecule has 0 unspecified atom stereocenters. The van der Waals surface area contributed by atoms with Crippen molar-refractivity contribution in [1.29, 1.82) is 0 Å². The molecule has 3 aromatic carbocycles. The molecule has 0 amide bonds. The maximum absolute atomic E-state index is 13.9. The smallest absolute Gasteiger partial charge is 0.355 e. The first-order valence-electron chi connectivity index (χ1n) is 15.6. The number of aryl methyl sites for hydroxylation is 4. The number of rotatable bonds is 11. The average Bonchev–Trinajstić information content (AvgIpc) is 3.69. The first-order chi connectivity index (χ1) is 20.6. The van der Waals surface area contributed by atoms with Gasteiger partial charge in [0.2, 0.25) is 0 Å². The predicted molar refractivity (Wildman–Crippen MR) is 174 cm³/mol. The Kier molecular flexibility index (Phi) is 7.80. The van der Waals surface area contributed by atoms with Gasteiger partial charge in [-0.05, 0) is 88.8 Å². The summed E-state index contributed by atoms with van der Waals surface area (Å²) in [5.41, 5.74) is 7.39. The number of nitrogens with one attached hydrogen (secondary N) is 1. The molecule has 0 radical (unpaired) electrons. The monoisotopic (exact) mass is 577 g/mol. The second-order valence-electron chi connectivity index (χ2n) is 12.9. The Labute approximate surface area is 254 Å². The van der Waals surface area contributed by atoms with Crippen molar-refractivity contribution in [3.63, 3.8) is 0 Å². The average molecular weight is 578 g/mol. The molecule has 2 heterocycles. The van der Waals surface area contributed by atoms with Gasteiger partial charge in [0.25, 0.3) is 0 Å². The summed E-state index contributed by atoms with van der Waals surface area (Å²) >= 11 is 0. The summed E-state index contributed by atoms with van der Waals surface area (Å²) in [6.07, 6.45) is 6.02. The molecule has 43 heavy (non-hydrogen) atoms. The number of aromatic nitrogens is 3. The van der Waals surface area contributed by atoms with Gasteiger partial charge in [0.1, 0.15) is 17.0 Å². The lowest BCUT2D eigenvalue weighted by Gasteiger charge is -2.25. The second kappa shape index (κ2) is 11.6. The van der Waals surface area contributed by atoms with Crippen LogP contribution >= 0.6 is 0 Å². The molecule has 0 bridgehead atoms. The van der Waals surface area contributed by atoms with Crippen LogP contribution in [0.2, 0.25) is 0 Å². The molecule has 0 saturated heterocycles. The van der Waals surface area contributed by atoms with Crippen LogP contribution in [0.25, 0.3) is 32.8 Å². The van der Waals surface area contributed by atoms with E-state index in [1.807, 2.05) is 56.8 Å². The van der Waals surface area contributed by atoms with Crippen LogP contribution in [0.1, 0.15) is 79.0 Å². The normalized spacial score (nSPS) is 13.6. The molecule has 2 aromatic heterocycles. The fraction of sp³-hybridized carbons (Fsp3) is 0.405. The molecule has 5 aromatic rings. The van der Waals surface area contributed by atoms with Gasteiger partial charge in [-0.15, -0.1) is 0 Å². The van der Waals surface area contributed by atoms with Crippen molar-refractivity contribution < 1.29 is 14.3 Å². The molecule has 0 atom stereocenters. The van der Waals surface area contributed by atoms with Crippen LogP contribution in [0.5, 0.6) is 5.75 Å². The van der Waals surface area contributed by atoms with Gasteiger partial charge in [-0.1, -0.05) is 61.4 Å². The Morgan fingerprint density at radius 3 is 2.51 bits per heavy atom. The van der Waals surface area contributed by atoms with Crippen molar-refractivity contribution in [2.24, 2.45) is 13.0 Å². The highest BCUT2D eigenvalue weighted by Crippen LogP contribution is 2.39. The van der Waals surface area contributed by atoms with E-state index >= 15 is 0 Å². The van der Waals surface area contributed by atoms with Crippen molar-refractivity contribution in [1.82, 2.24) is 14.8 Å². The number of benzene rings is 3. The van der Waals surface area contributed by atoms with E-state index in [4.69, 9.17) is 14.6 Å². The summed E-state index contributed by atoms with van der Waals surface area (Å²) in [6, 6.07) is 18.7. The number of aromatic amines is 1. The third kappa shape index (κ3) is 5.93. The highest BCUT2D eigenvalue weighted by atomic mass is 16.6. The lowest BCUT2D eigenvalue weighted by atomic mass is 9.94. The van der Waals surface area contributed by atoms with Gasteiger partial charge in [-0.3, -0.25) is 4.68 Å². The Hall–Kier alpha value is -4.06. The van der Waals surface area contributed by atoms with Crippen molar-refractivity contribution in [3.05, 3.63) is 82.8 Å². The minimum Gasteiger partial charge on any atom is -0.493 e. The third-order valence-electron chi connectivity index (χ3n) is 9.05. The van der Waals surface area contributed by atoms with Crippen molar-refractivity contribution >= 4 is 27.6 Å². The van der Waals surface area contributed by atoms with Crippen molar-refractivity contribution in [3.8, 4) is 16.9 Å². The van der Waals surface area contributed by atoms with E-state index in [1.165, 1.54) is 12.8 Å². The fourth-order valence-corrected chi connectivity index (χ4v) is 6.38. The van der Waals surface area contributed by atoms with Gasteiger partial charge < -0.3 is 14.5 Å². The number of hydrogen-bond donors (Lipinski definition) is 1. The summed E-state index contributed by atoms with van der Waals surface area (Å²) in [4.78, 5) is 17.4. The van der Waals surface area contributed by atoms with E-state index in [0.717, 1.165) is 86.2 Å². The van der Waals surface area contributed by atoms with E-state index in [0.29, 0.717) is 18.7 Å². The minimum atomic E-state index is -0.527. The summed E-state index contributed by atoms with van der Waals surface area (Å²) in [5, 5.41) is 8.02. The fourth-order valence-electron chi connectivity index (χ4n) is 6.38. The molecule has 0 spiro atoms. The standard InChI is InChI=1S/C37H43N3O3/c1-23-16-19-30-29(14-10-22-42-31-15-9-12-27-11-7-8-13-28(27)31)35(36(41)43-37(4,5)21-20-26-17-18-26)38-34(30)32(23)33-24(2)39-40(6)25(33)3/h7-9,11-13,15-16,19,26,38H,10,14,17-18,20-22H2,1-6H3. The van der Waals surface area contributed by atoms with Gasteiger partial charge in [0, 0.05) is 34.6 Å². The van der Waals surface area contributed by atoms with E-state index in [1.54, 1.807) is 0 Å². The van der Waals surface area contributed by atoms with Crippen molar-refractivity contribution in [2.45, 2.75) is 78.7 Å². The maximum atomic E-state index is 13.9. The van der Waals surface area contributed by atoms with Gasteiger partial charge >= 0.3 is 5.97 Å². The van der Waals surface area contributed by atoms with E-state index in [-0.39, 0.29) is 5.97 Å². The lowest BCUT2D eigenvalue weighted by molar-refractivity contribution is -0.00650. The van der Waals surface area contributed by atoms with Crippen LogP contribution in [0.3, 0.4) is 0 Å². The molecular formula is C37H43N3O3. The van der Waals surface area contributed by atoms with Crippen LogP contribution < -0.4 is 4.74 Å². The van der Waals surface area contributed by atoms with E-state index in [2.05, 4.69) is 49.2 Å². The zero-order chi connectivity index (χ0) is 30.3. The Balaban J connectivity index is 1.33. The van der Waals surface area contributed by atoms with E-state index < -0.39 is 5.60 Å². The van der Waals surface area contributed by atoms with Gasteiger partial charge in [-0.25, -0.2) is 4.79 Å². The summed E-state index contributed by atoms with van der Waals surface area (Å²) in [6.45, 7) is 10.9. The van der Waals surface area contributed by atoms with Crippen LogP contribution in [0.4, 0.5) is 0 Å². The Morgan fingerprint density at radius 1 is 1.00 bits per heavy atom. The Morgan fingerprint density at radius 2 is 1.77 bits per heavy atom. The number of esters is 1. The molecule has 6 rings (SSSR count). The maximum Gasteiger partial charge on any atom is 0.355 e. The summed E-state index contributed by atoms with van der Waals surface area (Å²) in [5.74, 6) is 1.39. The van der Waals surface area contributed by atoms with Gasteiger partial charge in [0.15, 0.2) is 0 Å². The van der Waals surface area contributed by atoms with Crippen molar-refractivity contribution in [2.75, 3.05) is 6.61 Å². The number of ether oxygens (including phenoxy) is 2. The summed E-state index contributed by atoms with van der Waals surface area (Å²) < 4.78 is 14.4. The predicted octanol–water partition coefficient (Wildman–Crippen LogP) is 8.78. The number of H-pyrrole nitrogens is 1. The number of nitrogens with zero attached hydrogens (tertiary/aromatic N) is 2. The van der Waals surface area contributed by atoms with Crippen LogP contribution in [0.15, 0.2) is 54.6 Å². The Bertz CT molecular complexity index is 1800. The molecule has 6 heteroatoms. The molecule has 1 aliphatic carbocycles.